The van der Waals surface area contributed by atoms with Gasteiger partial charge in [-0.3, -0.25) is 9.59 Å². The van der Waals surface area contributed by atoms with Crippen molar-refractivity contribution in [2.45, 2.75) is 25.7 Å². The molecule has 1 atom stereocenters. The number of carbonyl (C=O) groups is 2. The van der Waals surface area contributed by atoms with Crippen molar-refractivity contribution in [3.8, 4) is 0 Å². The molecule has 0 aliphatic carbocycles. The molecule has 0 unspecified atom stereocenters. The largest absolute Gasteiger partial charge is 0.469 e. The molecule has 2 fully saturated rings. The molecule has 1 amide bonds. The summed E-state index contributed by atoms with van der Waals surface area (Å²) in [6.07, 6.45) is 3.58. The van der Waals surface area contributed by atoms with Crippen molar-refractivity contribution in [1.82, 2.24) is 9.80 Å². The van der Waals surface area contributed by atoms with Crippen molar-refractivity contribution < 1.29 is 14.3 Å². The standard InChI is InChI=1S/C14H24N2O3/c1-15-7-3-4-12(10-15)13(17)16-8-5-11(6-9-16)14(18)19-2/h11-12H,3-10H2,1-2H3/t12-/m0/s1. The lowest BCUT2D eigenvalue weighted by Crippen LogP contribution is -2.47. The fourth-order valence-corrected chi connectivity index (χ4v) is 3.13. The summed E-state index contributed by atoms with van der Waals surface area (Å²) in [6, 6.07) is 0. The van der Waals surface area contributed by atoms with Gasteiger partial charge in [-0.25, -0.2) is 0 Å². The lowest BCUT2D eigenvalue weighted by Gasteiger charge is -2.36. The number of rotatable bonds is 2. The molecule has 19 heavy (non-hydrogen) atoms. The summed E-state index contributed by atoms with van der Waals surface area (Å²) in [7, 11) is 3.50. The molecule has 0 aromatic carbocycles. The second-order valence-electron chi connectivity index (χ2n) is 5.72. The number of amides is 1. The van der Waals surface area contributed by atoms with Crippen molar-refractivity contribution in [2.75, 3.05) is 40.3 Å². The van der Waals surface area contributed by atoms with Crippen LogP contribution in [-0.2, 0) is 14.3 Å². The fourth-order valence-electron chi connectivity index (χ4n) is 3.13. The Kier molecular flexibility index (Phi) is 4.80. The number of nitrogens with zero attached hydrogens (tertiary/aromatic N) is 2. The van der Waals surface area contributed by atoms with Gasteiger partial charge < -0.3 is 14.5 Å². The van der Waals surface area contributed by atoms with Crippen LogP contribution in [0.15, 0.2) is 0 Å². The van der Waals surface area contributed by atoms with E-state index in [0.717, 1.165) is 38.8 Å². The van der Waals surface area contributed by atoms with Crippen LogP contribution in [0.4, 0.5) is 0 Å². The molecule has 0 bridgehead atoms. The molecule has 0 spiro atoms. The van der Waals surface area contributed by atoms with Crippen molar-refractivity contribution in [2.24, 2.45) is 11.8 Å². The number of esters is 1. The summed E-state index contributed by atoms with van der Waals surface area (Å²) in [5.74, 6) is 0.260. The van der Waals surface area contributed by atoms with E-state index in [1.165, 1.54) is 7.11 Å². The fraction of sp³-hybridized carbons (Fsp3) is 0.857. The van der Waals surface area contributed by atoms with E-state index >= 15 is 0 Å². The average Bonchev–Trinajstić information content (AvgIpc) is 2.46. The maximum atomic E-state index is 12.4. The maximum absolute atomic E-state index is 12.4. The number of carbonyl (C=O) groups excluding carboxylic acids is 2. The molecular formula is C14H24N2O3. The Morgan fingerprint density at radius 2 is 1.74 bits per heavy atom. The van der Waals surface area contributed by atoms with Crippen molar-refractivity contribution in [3.05, 3.63) is 0 Å². The Hall–Kier alpha value is -1.10. The van der Waals surface area contributed by atoms with Gasteiger partial charge in [-0.1, -0.05) is 0 Å². The third-order valence-electron chi connectivity index (χ3n) is 4.31. The minimum atomic E-state index is -0.135. The second-order valence-corrected chi connectivity index (χ2v) is 5.72. The number of ether oxygens (including phenoxy) is 1. The van der Waals surface area contributed by atoms with E-state index in [0.29, 0.717) is 13.1 Å². The summed E-state index contributed by atoms with van der Waals surface area (Å²) in [4.78, 5) is 28.0. The third kappa shape index (κ3) is 3.47. The third-order valence-corrected chi connectivity index (χ3v) is 4.31. The van der Waals surface area contributed by atoms with Crippen LogP contribution < -0.4 is 0 Å². The molecule has 2 aliphatic heterocycles. The first-order valence-corrected chi connectivity index (χ1v) is 7.17. The van der Waals surface area contributed by atoms with Crippen LogP contribution in [0.1, 0.15) is 25.7 Å². The van der Waals surface area contributed by atoms with Gasteiger partial charge in [0.05, 0.1) is 18.9 Å². The van der Waals surface area contributed by atoms with Crippen LogP contribution in [-0.4, -0.2) is 62.0 Å². The Morgan fingerprint density at radius 1 is 1.05 bits per heavy atom. The van der Waals surface area contributed by atoms with Gasteiger partial charge in [-0.15, -0.1) is 0 Å². The second kappa shape index (κ2) is 6.37. The topological polar surface area (TPSA) is 49.9 Å². The van der Waals surface area contributed by atoms with Crippen molar-refractivity contribution in [1.29, 1.82) is 0 Å². The highest BCUT2D eigenvalue weighted by Gasteiger charge is 2.32. The Balaban J connectivity index is 1.83. The zero-order chi connectivity index (χ0) is 13.8. The summed E-state index contributed by atoms with van der Waals surface area (Å²) >= 11 is 0. The van der Waals surface area contributed by atoms with Crippen LogP contribution in [0.2, 0.25) is 0 Å². The van der Waals surface area contributed by atoms with Crippen molar-refractivity contribution >= 4 is 11.9 Å². The zero-order valence-corrected chi connectivity index (χ0v) is 11.9. The zero-order valence-electron chi connectivity index (χ0n) is 11.9. The van der Waals surface area contributed by atoms with Gasteiger partial charge in [0.2, 0.25) is 5.91 Å². The van der Waals surface area contributed by atoms with E-state index < -0.39 is 0 Å². The van der Waals surface area contributed by atoms with Gasteiger partial charge in [0.25, 0.3) is 0 Å². The normalized spacial score (nSPS) is 26.2. The Bertz CT molecular complexity index is 338. The van der Waals surface area contributed by atoms with Crippen LogP contribution >= 0.6 is 0 Å². The highest BCUT2D eigenvalue weighted by molar-refractivity contribution is 5.80. The maximum Gasteiger partial charge on any atom is 0.308 e. The number of likely N-dealkylation sites (tertiary alicyclic amines) is 2. The van der Waals surface area contributed by atoms with Crippen LogP contribution in [0.25, 0.3) is 0 Å². The minimum Gasteiger partial charge on any atom is -0.469 e. The lowest BCUT2D eigenvalue weighted by atomic mass is 9.93. The summed E-state index contributed by atoms with van der Waals surface area (Å²) in [6.45, 7) is 3.35. The molecule has 5 heteroatoms. The van der Waals surface area contributed by atoms with Crippen LogP contribution in [0, 0.1) is 11.8 Å². The molecule has 0 aromatic heterocycles. The van der Waals surface area contributed by atoms with Gasteiger partial charge in [0.15, 0.2) is 0 Å². The number of piperidine rings is 2. The molecule has 2 aliphatic rings. The molecule has 5 nitrogen and oxygen atoms in total. The average molecular weight is 268 g/mol. The Labute approximate surface area is 114 Å². The van der Waals surface area contributed by atoms with Gasteiger partial charge in [-0.05, 0) is 39.3 Å². The van der Waals surface area contributed by atoms with E-state index in [1.54, 1.807) is 0 Å². The van der Waals surface area contributed by atoms with Gasteiger partial charge in [0.1, 0.15) is 0 Å². The summed E-state index contributed by atoms with van der Waals surface area (Å²) in [5, 5.41) is 0. The molecule has 2 heterocycles. The number of hydrogen-bond acceptors (Lipinski definition) is 4. The quantitative estimate of drug-likeness (QED) is 0.693. The molecule has 0 saturated carbocycles. The van der Waals surface area contributed by atoms with Gasteiger partial charge >= 0.3 is 5.97 Å². The molecule has 2 saturated heterocycles. The van der Waals surface area contributed by atoms with Gasteiger partial charge in [0, 0.05) is 19.6 Å². The van der Waals surface area contributed by atoms with Gasteiger partial charge in [-0.2, -0.15) is 0 Å². The first kappa shape index (κ1) is 14.3. The predicted octanol–water partition coefficient (Wildman–Crippen LogP) is 0.740. The summed E-state index contributed by atoms with van der Waals surface area (Å²) in [5.41, 5.74) is 0. The number of hydrogen-bond donors (Lipinski definition) is 0. The smallest absolute Gasteiger partial charge is 0.308 e. The SMILES string of the molecule is COC(=O)C1CCN(C(=O)[C@H]2CCCN(C)C2)CC1. The molecular weight excluding hydrogens is 244 g/mol. The van der Waals surface area contributed by atoms with Crippen LogP contribution in [0.5, 0.6) is 0 Å². The summed E-state index contributed by atoms with van der Waals surface area (Å²) < 4.78 is 4.77. The monoisotopic (exact) mass is 268 g/mol. The van der Waals surface area contributed by atoms with E-state index in [1.807, 2.05) is 4.90 Å². The molecule has 108 valence electrons. The first-order valence-electron chi connectivity index (χ1n) is 7.17. The molecule has 0 radical (unpaired) electrons. The van der Waals surface area contributed by atoms with E-state index in [4.69, 9.17) is 4.74 Å². The highest BCUT2D eigenvalue weighted by Crippen LogP contribution is 2.23. The predicted molar refractivity (Wildman–Crippen MR) is 71.5 cm³/mol. The minimum absolute atomic E-state index is 0.0249. The first-order chi connectivity index (χ1) is 9.11. The number of methoxy groups -OCH3 is 1. The van der Waals surface area contributed by atoms with E-state index in [-0.39, 0.29) is 23.7 Å². The van der Waals surface area contributed by atoms with E-state index in [9.17, 15) is 9.59 Å². The Morgan fingerprint density at radius 3 is 2.32 bits per heavy atom. The van der Waals surface area contributed by atoms with Crippen LogP contribution in [0.3, 0.4) is 0 Å². The molecule has 0 N–H and O–H groups in total. The lowest BCUT2D eigenvalue weighted by molar-refractivity contribution is -0.150. The molecule has 2 rings (SSSR count). The highest BCUT2D eigenvalue weighted by atomic mass is 16.5. The molecule has 0 aromatic rings. The van der Waals surface area contributed by atoms with E-state index in [2.05, 4.69) is 11.9 Å². The van der Waals surface area contributed by atoms with Crippen molar-refractivity contribution in [3.63, 3.8) is 0 Å².